The molecule has 1 unspecified atom stereocenters. The van der Waals surface area contributed by atoms with E-state index in [2.05, 4.69) is 37.3 Å². The van der Waals surface area contributed by atoms with E-state index in [1.165, 1.54) is 0 Å². The SMILES string of the molecule is CCN1CCN(C(CNC(=O)C(=O)NCc2ccccn2)c2cccnc2)CC1. The van der Waals surface area contributed by atoms with E-state index in [4.69, 9.17) is 0 Å². The first-order chi connectivity index (χ1) is 14.2. The first-order valence-corrected chi connectivity index (χ1v) is 9.99. The van der Waals surface area contributed by atoms with Crippen LogP contribution >= 0.6 is 0 Å². The van der Waals surface area contributed by atoms with Gasteiger partial charge in [-0.1, -0.05) is 19.1 Å². The molecule has 1 aliphatic rings. The molecular formula is C21H28N6O2. The number of carbonyl (C=O) groups is 2. The van der Waals surface area contributed by atoms with E-state index in [0.29, 0.717) is 12.2 Å². The van der Waals surface area contributed by atoms with Crippen molar-refractivity contribution in [2.75, 3.05) is 39.3 Å². The van der Waals surface area contributed by atoms with Gasteiger partial charge in [-0.15, -0.1) is 0 Å². The molecular weight excluding hydrogens is 368 g/mol. The number of likely N-dealkylation sites (N-methyl/N-ethyl adjacent to an activating group) is 1. The van der Waals surface area contributed by atoms with Crippen LogP contribution in [0.1, 0.15) is 24.2 Å². The van der Waals surface area contributed by atoms with E-state index in [1.807, 2.05) is 24.4 Å². The van der Waals surface area contributed by atoms with E-state index < -0.39 is 11.8 Å². The average molecular weight is 396 g/mol. The Morgan fingerprint density at radius 1 is 1.03 bits per heavy atom. The predicted molar refractivity (Wildman–Crippen MR) is 110 cm³/mol. The lowest BCUT2D eigenvalue weighted by atomic mass is 10.1. The molecule has 29 heavy (non-hydrogen) atoms. The van der Waals surface area contributed by atoms with Crippen molar-refractivity contribution < 1.29 is 9.59 Å². The summed E-state index contributed by atoms with van der Waals surface area (Å²) in [7, 11) is 0. The highest BCUT2D eigenvalue weighted by molar-refractivity contribution is 6.35. The minimum absolute atomic E-state index is 0.0183. The van der Waals surface area contributed by atoms with Gasteiger partial charge in [0, 0.05) is 51.3 Å². The summed E-state index contributed by atoms with van der Waals surface area (Å²) in [6.07, 6.45) is 5.21. The van der Waals surface area contributed by atoms with Gasteiger partial charge in [0.1, 0.15) is 0 Å². The number of hydrogen-bond donors (Lipinski definition) is 2. The fourth-order valence-electron chi connectivity index (χ4n) is 3.45. The highest BCUT2D eigenvalue weighted by atomic mass is 16.2. The Hall–Kier alpha value is -2.84. The number of aromatic nitrogens is 2. The average Bonchev–Trinajstić information content (AvgIpc) is 2.79. The predicted octanol–water partition coefficient (Wildman–Crippen LogP) is 0.588. The normalized spacial score (nSPS) is 16.2. The van der Waals surface area contributed by atoms with Gasteiger partial charge in [-0.05, 0) is 30.3 Å². The second-order valence-corrected chi connectivity index (χ2v) is 6.99. The summed E-state index contributed by atoms with van der Waals surface area (Å²) in [5, 5.41) is 5.39. The number of carbonyl (C=O) groups excluding carboxylic acids is 2. The molecule has 0 aliphatic carbocycles. The third-order valence-corrected chi connectivity index (χ3v) is 5.18. The van der Waals surface area contributed by atoms with Gasteiger partial charge in [0.25, 0.3) is 0 Å². The Bertz CT molecular complexity index is 778. The van der Waals surface area contributed by atoms with Crippen LogP contribution in [0.3, 0.4) is 0 Å². The largest absolute Gasteiger partial charge is 0.346 e. The van der Waals surface area contributed by atoms with Crippen LogP contribution < -0.4 is 10.6 Å². The number of nitrogens with one attached hydrogen (secondary N) is 2. The smallest absolute Gasteiger partial charge is 0.309 e. The summed E-state index contributed by atoms with van der Waals surface area (Å²) < 4.78 is 0. The summed E-state index contributed by atoms with van der Waals surface area (Å²) in [4.78, 5) is 37.5. The zero-order valence-electron chi connectivity index (χ0n) is 16.8. The molecule has 0 spiro atoms. The lowest BCUT2D eigenvalue weighted by Crippen LogP contribution is -2.50. The van der Waals surface area contributed by atoms with Crippen molar-refractivity contribution in [1.29, 1.82) is 0 Å². The summed E-state index contributed by atoms with van der Waals surface area (Å²) in [5.41, 5.74) is 1.74. The molecule has 1 saturated heterocycles. The maximum atomic E-state index is 12.3. The fourth-order valence-corrected chi connectivity index (χ4v) is 3.45. The number of pyridine rings is 2. The molecule has 0 bridgehead atoms. The Morgan fingerprint density at radius 2 is 1.83 bits per heavy atom. The number of nitrogens with zero attached hydrogens (tertiary/aromatic N) is 4. The number of rotatable bonds is 7. The van der Waals surface area contributed by atoms with Gasteiger partial charge in [-0.2, -0.15) is 0 Å². The second kappa shape index (κ2) is 10.6. The summed E-state index contributed by atoms with van der Waals surface area (Å²) >= 11 is 0. The number of piperazine rings is 1. The van der Waals surface area contributed by atoms with Crippen LogP contribution in [0.15, 0.2) is 48.9 Å². The van der Waals surface area contributed by atoms with Crippen LogP contribution in [0, 0.1) is 0 Å². The molecule has 2 aromatic heterocycles. The minimum atomic E-state index is -0.656. The van der Waals surface area contributed by atoms with Gasteiger partial charge in [-0.3, -0.25) is 24.5 Å². The van der Waals surface area contributed by atoms with Crippen molar-refractivity contribution in [2.24, 2.45) is 0 Å². The van der Waals surface area contributed by atoms with Crippen molar-refractivity contribution >= 4 is 11.8 Å². The standard InChI is InChI=1S/C21H28N6O2/c1-2-26-10-12-27(13-11-26)19(17-6-5-8-22-14-17)16-25-21(29)20(28)24-15-18-7-3-4-9-23-18/h3-9,14,19H,2,10-13,15-16H2,1H3,(H,24,28)(H,25,29). The molecule has 8 nitrogen and oxygen atoms in total. The summed E-state index contributed by atoms with van der Waals surface area (Å²) in [6.45, 7) is 7.59. The van der Waals surface area contributed by atoms with Gasteiger partial charge in [0.15, 0.2) is 0 Å². The zero-order chi connectivity index (χ0) is 20.5. The topological polar surface area (TPSA) is 90.5 Å². The first-order valence-electron chi connectivity index (χ1n) is 9.99. The highest BCUT2D eigenvalue weighted by Crippen LogP contribution is 2.21. The molecule has 1 fully saturated rings. The molecule has 0 aromatic carbocycles. The first kappa shape index (κ1) is 20.9. The second-order valence-electron chi connectivity index (χ2n) is 6.99. The highest BCUT2D eigenvalue weighted by Gasteiger charge is 2.26. The van der Waals surface area contributed by atoms with Gasteiger partial charge in [0.2, 0.25) is 0 Å². The molecule has 0 saturated carbocycles. The van der Waals surface area contributed by atoms with Crippen LogP contribution in [0.25, 0.3) is 0 Å². The van der Waals surface area contributed by atoms with Gasteiger partial charge < -0.3 is 15.5 Å². The van der Waals surface area contributed by atoms with E-state index in [0.717, 1.165) is 38.3 Å². The third kappa shape index (κ3) is 6.07. The van der Waals surface area contributed by atoms with E-state index >= 15 is 0 Å². The Morgan fingerprint density at radius 3 is 2.48 bits per heavy atom. The molecule has 3 heterocycles. The maximum Gasteiger partial charge on any atom is 0.309 e. The molecule has 3 rings (SSSR count). The van der Waals surface area contributed by atoms with Crippen LogP contribution in [-0.2, 0) is 16.1 Å². The van der Waals surface area contributed by atoms with Crippen molar-refractivity contribution in [3.63, 3.8) is 0 Å². The Balaban J connectivity index is 1.56. The quantitative estimate of drug-likeness (QED) is 0.666. The molecule has 8 heteroatoms. The van der Waals surface area contributed by atoms with Crippen molar-refractivity contribution in [3.05, 3.63) is 60.2 Å². The van der Waals surface area contributed by atoms with Crippen LogP contribution in [0.4, 0.5) is 0 Å². The van der Waals surface area contributed by atoms with Gasteiger partial charge in [0.05, 0.1) is 18.3 Å². The zero-order valence-corrected chi connectivity index (χ0v) is 16.8. The fraction of sp³-hybridized carbons (Fsp3) is 0.429. The molecule has 2 N–H and O–H groups in total. The summed E-state index contributed by atoms with van der Waals surface area (Å²) in [5.74, 6) is -1.29. The van der Waals surface area contributed by atoms with Crippen LogP contribution in [0.5, 0.6) is 0 Å². The minimum Gasteiger partial charge on any atom is -0.346 e. The van der Waals surface area contributed by atoms with Crippen molar-refractivity contribution in [1.82, 2.24) is 30.4 Å². The van der Waals surface area contributed by atoms with Crippen LogP contribution in [-0.4, -0.2) is 70.9 Å². The van der Waals surface area contributed by atoms with Crippen molar-refractivity contribution in [3.8, 4) is 0 Å². The molecule has 1 atom stereocenters. The van der Waals surface area contributed by atoms with Crippen LogP contribution in [0.2, 0.25) is 0 Å². The Kier molecular flexibility index (Phi) is 7.66. The molecule has 154 valence electrons. The molecule has 0 radical (unpaired) electrons. The molecule has 1 aliphatic heterocycles. The number of amides is 2. The van der Waals surface area contributed by atoms with E-state index in [1.54, 1.807) is 24.5 Å². The maximum absolute atomic E-state index is 12.3. The van der Waals surface area contributed by atoms with Gasteiger partial charge in [-0.25, -0.2) is 0 Å². The third-order valence-electron chi connectivity index (χ3n) is 5.18. The monoisotopic (exact) mass is 396 g/mol. The molecule has 2 amide bonds. The molecule has 2 aromatic rings. The van der Waals surface area contributed by atoms with E-state index in [-0.39, 0.29) is 12.6 Å². The summed E-state index contributed by atoms with van der Waals surface area (Å²) in [6, 6.07) is 9.33. The van der Waals surface area contributed by atoms with Crippen molar-refractivity contribution in [2.45, 2.75) is 19.5 Å². The van der Waals surface area contributed by atoms with Gasteiger partial charge >= 0.3 is 11.8 Å². The Labute approximate surface area is 171 Å². The lowest BCUT2D eigenvalue weighted by Gasteiger charge is -2.39. The lowest BCUT2D eigenvalue weighted by molar-refractivity contribution is -0.139. The van der Waals surface area contributed by atoms with E-state index in [9.17, 15) is 9.59 Å². The number of hydrogen-bond acceptors (Lipinski definition) is 6.